The van der Waals surface area contributed by atoms with Crippen molar-refractivity contribution in [2.75, 3.05) is 5.73 Å². The molecule has 0 aliphatic carbocycles. The normalized spacial score (nSPS) is 10.8. The SMILES string of the molecule is Cc1c(N)n[nH]c1-c1c(Br)cnn1C. The molecule has 2 heterocycles. The number of aromatic amines is 1. The molecule has 0 saturated heterocycles. The number of hydrogen-bond donors (Lipinski definition) is 2. The fourth-order valence-corrected chi connectivity index (χ4v) is 1.88. The minimum atomic E-state index is 0.521. The Balaban J connectivity index is 2.65. The number of H-pyrrole nitrogens is 1. The van der Waals surface area contributed by atoms with Gasteiger partial charge in [-0.2, -0.15) is 10.2 Å². The zero-order valence-corrected chi connectivity index (χ0v) is 9.46. The first kappa shape index (κ1) is 9.26. The zero-order valence-electron chi connectivity index (χ0n) is 7.87. The smallest absolute Gasteiger partial charge is 0.148 e. The van der Waals surface area contributed by atoms with E-state index in [1.54, 1.807) is 10.9 Å². The lowest BCUT2D eigenvalue weighted by molar-refractivity contribution is 0.772. The number of halogens is 1. The summed E-state index contributed by atoms with van der Waals surface area (Å²) in [5.74, 6) is 0.521. The van der Waals surface area contributed by atoms with Crippen LogP contribution in [0.4, 0.5) is 5.82 Å². The van der Waals surface area contributed by atoms with Gasteiger partial charge in [0.2, 0.25) is 0 Å². The van der Waals surface area contributed by atoms with E-state index in [1.165, 1.54) is 0 Å². The highest BCUT2D eigenvalue weighted by Crippen LogP contribution is 2.29. The summed E-state index contributed by atoms with van der Waals surface area (Å²) in [7, 11) is 1.87. The monoisotopic (exact) mass is 255 g/mol. The molecule has 2 aromatic rings. The molecular weight excluding hydrogens is 246 g/mol. The lowest BCUT2D eigenvalue weighted by Crippen LogP contribution is -1.95. The van der Waals surface area contributed by atoms with Crippen LogP contribution in [0.15, 0.2) is 10.7 Å². The van der Waals surface area contributed by atoms with Crippen molar-refractivity contribution < 1.29 is 0 Å². The molecule has 0 bridgehead atoms. The number of aromatic nitrogens is 4. The molecular formula is C8H10BrN5. The first-order valence-corrected chi connectivity index (χ1v) is 4.89. The van der Waals surface area contributed by atoms with Gasteiger partial charge in [-0.1, -0.05) is 0 Å². The van der Waals surface area contributed by atoms with Crippen LogP contribution in [0.5, 0.6) is 0 Å². The number of nitrogens with one attached hydrogen (secondary N) is 1. The molecule has 0 fully saturated rings. The number of nitrogens with two attached hydrogens (primary N) is 1. The van der Waals surface area contributed by atoms with E-state index >= 15 is 0 Å². The summed E-state index contributed by atoms with van der Waals surface area (Å²) < 4.78 is 2.69. The molecule has 0 aromatic carbocycles. The van der Waals surface area contributed by atoms with E-state index in [-0.39, 0.29) is 0 Å². The molecule has 6 heteroatoms. The minimum absolute atomic E-state index is 0.521. The third kappa shape index (κ3) is 1.22. The van der Waals surface area contributed by atoms with Gasteiger partial charge in [-0.25, -0.2) is 0 Å². The van der Waals surface area contributed by atoms with Gasteiger partial charge < -0.3 is 5.73 Å². The quantitative estimate of drug-likeness (QED) is 0.811. The van der Waals surface area contributed by atoms with Crippen LogP contribution >= 0.6 is 15.9 Å². The molecule has 0 unspecified atom stereocenters. The molecule has 0 saturated carbocycles. The average molecular weight is 256 g/mol. The van der Waals surface area contributed by atoms with Crippen LogP contribution in [0.1, 0.15) is 5.56 Å². The standard InChI is InChI=1S/C8H10BrN5/c1-4-6(12-13-8(4)10)7-5(9)3-11-14(7)2/h3H,1-2H3,(H3,10,12,13). The molecule has 2 aromatic heterocycles. The van der Waals surface area contributed by atoms with E-state index in [1.807, 2.05) is 14.0 Å². The summed E-state index contributed by atoms with van der Waals surface area (Å²) in [6.07, 6.45) is 1.74. The highest BCUT2D eigenvalue weighted by molar-refractivity contribution is 9.10. The molecule has 14 heavy (non-hydrogen) atoms. The predicted octanol–water partition coefficient (Wildman–Crippen LogP) is 1.46. The summed E-state index contributed by atoms with van der Waals surface area (Å²) >= 11 is 3.43. The number of rotatable bonds is 1. The van der Waals surface area contributed by atoms with E-state index < -0.39 is 0 Å². The maximum Gasteiger partial charge on any atom is 0.148 e. The third-order valence-corrected chi connectivity index (χ3v) is 2.76. The Kier molecular flexibility index (Phi) is 2.07. The van der Waals surface area contributed by atoms with Crippen LogP contribution in [0.25, 0.3) is 11.4 Å². The van der Waals surface area contributed by atoms with Crippen LogP contribution in [-0.2, 0) is 7.05 Å². The molecule has 74 valence electrons. The van der Waals surface area contributed by atoms with Crippen molar-refractivity contribution in [3.63, 3.8) is 0 Å². The zero-order chi connectivity index (χ0) is 10.3. The van der Waals surface area contributed by atoms with Crippen LogP contribution in [-0.4, -0.2) is 20.0 Å². The van der Waals surface area contributed by atoms with Crippen LogP contribution < -0.4 is 5.73 Å². The number of hydrogen-bond acceptors (Lipinski definition) is 3. The summed E-state index contributed by atoms with van der Waals surface area (Å²) in [4.78, 5) is 0. The highest BCUT2D eigenvalue weighted by atomic mass is 79.9. The van der Waals surface area contributed by atoms with Gasteiger partial charge in [0.25, 0.3) is 0 Å². The lowest BCUT2D eigenvalue weighted by Gasteiger charge is -2.00. The van der Waals surface area contributed by atoms with Crippen LogP contribution in [0.3, 0.4) is 0 Å². The van der Waals surface area contributed by atoms with Gasteiger partial charge in [-0.15, -0.1) is 0 Å². The maximum atomic E-state index is 5.66. The Morgan fingerprint density at radius 1 is 1.57 bits per heavy atom. The fourth-order valence-electron chi connectivity index (χ4n) is 1.33. The third-order valence-electron chi connectivity index (χ3n) is 2.18. The molecule has 0 atom stereocenters. The van der Waals surface area contributed by atoms with E-state index in [9.17, 15) is 0 Å². The van der Waals surface area contributed by atoms with Gasteiger partial charge in [0.15, 0.2) is 0 Å². The summed E-state index contributed by atoms with van der Waals surface area (Å²) in [6.45, 7) is 1.92. The van der Waals surface area contributed by atoms with E-state index in [2.05, 4.69) is 31.2 Å². The second-order valence-electron chi connectivity index (χ2n) is 3.07. The Morgan fingerprint density at radius 2 is 2.29 bits per heavy atom. The van der Waals surface area contributed by atoms with Gasteiger partial charge in [-0.05, 0) is 22.9 Å². The number of nitrogen functional groups attached to an aromatic ring is 1. The molecule has 2 rings (SSSR count). The molecule has 0 aliphatic rings. The molecule has 0 aliphatic heterocycles. The van der Waals surface area contributed by atoms with E-state index in [0.717, 1.165) is 21.4 Å². The predicted molar refractivity (Wildman–Crippen MR) is 57.6 cm³/mol. The van der Waals surface area contributed by atoms with Crippen molar-refractivity contribution >= 4 is 21.7 Å². The largest absolute Gasteiger partial charge is 0.382 e. The molecule has 0 amide bonds. The Bertz CT molecular complexity index is 451. The Morgan fingerprint density at radius 3 is 2.71 bits per heavy atom. The average Bonchev–Trinajstić information content (AvgIpc) is 2.62. The topological polar surface area (TPSA) is 72.5 Å². The van der Waals surface area contributed by atoms with Crippen LogP contribution in [0.2, 0.25) is 0 Å². The summed E-state index contributed by atoms with van der Waals surface area (Å²) in [5.41, 5.74) is 8.45. The Hall–Kier alpha value is -1.30. The Labute approximate surface area is 89.4 Å². The highest BCUT2D eigenvalue weighted by Gasteiger charge is 2.14. The molecule has 5 nitrogen and oxygen atoms in total. The van der Waals surface area contributed by atoms with Crippen molar-refractivity contribution in [2.24, 2.45) is 7.05 Å². The van der Waals surface area contributed by atoms with Crippen molar-refractivity contribution in [2.45, 2.75) is 6.92 Å². The lowest BCUT2D eigenvalue weighted by atomic mass is 10.2. The first-order valence-electron chi connectivity index (χ1n) is 4.09. The van der Waals surface area contributed by atoms with Crippen molar-refractivity contribution in [3.05, 3.63) is 16.2 Å². The molecule has 0 spiro atoms. The van der Waals surface area contributed by atoms with Crippen molar-refractivity contribution in [1.82, 2.24) is 20.0 Å². The summed E-state index contributed by atoms with van der Waals surface area (Å²) in [5, 5.41) is 11.0. The van der Waals surface area contributed by atoms with Crippen molar-refractivity contribution in [1.29, 1.82) is 0 Å². The van der Waals surface area contributed by atoms with Crippen LogP contribution in [0, 0.1) is 6.92 Å². The van der Waals surface area contributed by atoms with Gasteiger partial charge in [0.1, 0.15) is 11.5 Å². The maximum absolute atomic E-state index is 5.66. The molecule has 0 radical (unpaired) electrons. The van der Waals surface area contributed by atoms with Gasteiger partial charge in [0, 0.05) is 12.6 Å². The number of nitrogens with zero attached hydrogens (tertiary/aromatic N) is 3. The van der Waals surface area contributed by atoms with Crippen molar-refractivity contribution in [3.8, 4) is 11.4 Å². The van der Waals surface area contributed by atoms with E-state index in [0.29, 0.717) is 5.82 Å². The van der Waals surface area contributed by atoms with E-state index in [4.69, 9.17) is 5.73 Å². The second-order valence-corrected chi connectivity index (χ2v) is 3.93. The second kappa shape index (κ2) is 3.13. The van der Waals surface area contributed by atoms with Gasteiger partial charge in [0.05, 0.1) is 16.4 Å². The molecule has 3 N–H and O–H groups in total. The first-order chi connectivity index (χ1) is 6.61. The van der Waals surface area contributed by atoms with Gasteiger partial charge >= 0.3 is 0 Å². The number of aryl methyl sites for hydroxylation is 1. The minimum Gasteiger partial charge on any atom is -0.382 e. The van der Waals surface area contributed by atoms with Gasteiger partial charge in [-0.3, -0.25) is 9.78 Å². The fraction of sp³-hybridized carbons (Fsp3) is 0.250. The number of anilines is 1. The summed E-state index contributed by atoms with van der Waals surface area (Å²) in [6, 6.07) is 0.